The molecule has 0 unspecified atom stereocenters. The zero-order chi connectivity index (χ0) is 32.4. The molecule has 2 atom stereocenters. The molecule has 4 aliphatic heterocycles. The van der Waals surface area contributed by atoms with E-state index in [-0.39, 0.29) is 40.8 Å². The molecule has 6 rings (SSSR count). The SMILES string of the molecule is CCN(C(=O)c1cc(F)ccc1Oc1cncnc1N1CC2(CCN(C[C@@H]3CC[C@@H](N(N4CCC4)[SH](=O)=O)CO3)CC2)C1)C(C)C. The Hall–Kier alpha value is -2.91. The molecule has 46 heavy (non-hydrogen) atoms. The van der Waals surface area contributed by atoms with Gasteiger partial charge in [0.05, 0.1) is 30.5 Å². The Bertz CT molecular complexity index is 1440. The number of carbonyl (C=O) groups excluding carboxylic acids is 1. The predicted octanol–water partition coefficient (Wildman–Crippen LogP) is 3.18. The highest BCUT2D eigenvalue weighted by Crippen LogP contribution is 2.45. The Morgan fingerprint density at radius 3 is 2.52 bits per heavy atom. The van der Waals surface area contributed by atoms with E-state index < -0.39 is 16.7 Å². The Morgan fingerprint density at radius 2 is 1.91 bits per heavy atom. The van der Waals surface area contributed by atoms with Crippen molar-refractivity contribution < 1.29 is 27.1 Å². The maximum atomic E-state index is 14.3. The Labute approximate surface area is 272 Å². The highest BCUT2D eigenvalue weighted by atomic mass is 32.2. The third-order valence-electron chi connectivity index (χ3n) is 9.97. The van der Waals surface area contributed by atoms with E-state index >= 15 is 0 Å². The van der Waals surface area contributed by atoms with E-state index in [1.807, 2.05) is 25.8 Å². The van der Waals surface area contributed by atoms with Gasteiger partial charge in [-0.15, -0.1) is 4.41 Å². The van der Waals surface area contributed by atoms with E-state index in [0.717, 1.165) is 77.9 Å². The molecule has 1 amide bonds. The lowest BCUT2D eigenvalue weighted by atomic mass is 9.72. The van der Waals surface area contributed by atoms with Crippen LogP contribution in [0.5, 0.6) is 11.5 Å². The van der Waals surface area contributed by atoms with Gasteiger partial charge in [-0.05, 0) is 84.2 Å². The average Bonchev–Trinajstić information content (AvgIpc) is 3.00. The van der Waals surface area contributed by atoms with Crippen LogP contribution in [-0.4, -0.2) is 121 Å². The standard InChI is InChI=1S/C32H46FN7O5S/c1-4-39(23(2)3)31(41)27-16-24(33)6-9-28(27)45-29-17-34-22-35-30(29)37-20-32(21-37)10-14-36(15-11-32)18-26-8-7-25(19-44-26)40(46(42)43)38-12-5-13-38/h6,9,16-17,22-23,25-26,46H,4-5,7-8,10-15,18-21H2,1-3H3/t25-,26+/m1/s1. The summed E-state index contributed by atoms with van der Waals surface area (Å²) in [7, 11) is -2.64. The van der Waals surface area contributed by atoms with Crippen LogP contribution in [0.3, 0.4) is 0 Å². The maximum absolute atomic E-state index is 14.3. The van der Waals surface area contributed by atoms with Crippen LogP contribution in [0.4, 0.5) is 10.2 Å². The van der Waals surface area contributed by atoms with Crippen molar-refractivity contribution in [3.05, 3.63) is 42.1 Å². The van der Waals surface area contributed by atoms with E-state index in [9.17, 15) is 17.6 Å². The average molecular weight is 660 g/mol. The number of nitrogens with zero attached hydrogens (tertiary/aromatic N) is 7. The van der Waals surface area contributed by atoms with Crippen LogP contribution in [-0.2, 0) is 15.6 Å². The molecular formula is C32H46FN7O5S. The van der Waals surface area contributed by atoms with Crippen molar-refractivity contribution in [2.45, 2.75) is 71.1 Å². The fourth-order valence-corrected chi connectivity index (χ4v) is 8.05. The van der Waals surface area contributed by atoms with Gasteiger partial charge in [-0.2, -0.15) is 0 Å². The number of benzene rings is 1. The number of aromatic nitrogens is 2. The number of anilines is 1. The molecule has 0 radical (unpaired) electrons. The fraction of sp³-hybridized carbons (Fsp3) is 0.656. The van der Waals surface area contributed by atoms with E-state index in [1.54, 1.807) is 11.1 Å². The number of amides is 1. The molecule has 0 N–H and O–H groups in total. The van der Waals surface area contributed by atoms with Crippen LogP contribution in [0.2, 0.25) is 0 Å². The number of likely N-dealkylation sites (tertiary alicyclic amines) is 1. The molecule has 0 aliphatic carbocycles. The van der Waals surface area contributed by atoms with Gasteiger partial charge in [0.1, 0.15) is 17.9 Å². The third kappa shape index (κ3) is 7.01. The number of thiol groups is 1. The van der Waals surface area contributed by atoms with E-state index in [1.165, 1.54) is 28.9 Å². The fourth-order valence-electron chi connectivity index (χ4n) is 7.21. The number of hydrogen-bond donors (Lipinski definition) is 1. The highest BCUT2D eigenvalue weighted by Gasteiger charge is 2.46. The van der Waals surface area contributed by atoms with Crippen LogP contribution in [0.25, 0.3) is 0 Å². The summed E-state index contributed by atoms with van der Waals surface area (Å²) in [6.45, 7) is 12.8. The van der Waals surface area contributed by atoms with Gasteiger partial charge in [0.15, 0.2) is 11.6 Å². The number of carbonyl (C=O) groups is 1. The zero-order valence-electron chi connectivity index (χ0n) is 27.0. The van der Waals surface area contributed by atoms with Gasteiger partial charge in [-0.25, -0.2) is 27.8 Å². The second-order valence-electron chi connectivity index (χ2n) is 13.3. The van der Waals surface area contributed by atoms with Gasteiger partial charge >= 0.3 is 0 Å². The first kappa shape index (κ1) is 33.0. The molecule has 4 fully saturated rings. The molecule has 12 nitrogen and oxygen atoms in total. The van der Waals surface area contributed by atoms with Gasteiger partial charge in [-0.1, -0.05) is 0 Å². The summed E-state index contributed by atoms with van der Waals surface area (Å²) in [5.74, 6) is 0.591. The van der Waals surface area contributed by atoms with Gasteiger partial charge in [0.25, 0.3) is 5.91 Å². The highest BCUT2D eigenvalue weighted by molar-refractivity contribution is 7.69. The molecule has 1 spiro atoms. The zero-order valence-corrected chi connectivity index (χ0v) is 27.9. The van der Waals surface area contributed by atoms with Gasteiger partial charge < -0.3 is 24.2 Å². The molecule has 252 valence electrons. The van der Waals surface area contributed by atoms with Crippen molar-refractivity contribution in [3.63, 3.8) is 0 Å². The van der Waals surface area contributed by atoms with E-state index in [4.69, 9.17) is 9.47 Å². The second kappa shape index (κ2) is 14.1. The molecule has 4 aliphatic rings. The first-order valence-corrected chi connectivity index (χ1v) is 17.6. The molecule has 4 saturated heterocycles. The van der Waals surface area contributed by atoms with E-state index in [2.05, 4.69) is 19.8 Å². The number of ether oxygens (including phenoxy) is 2. The topological polar surface area (TPSA) is 112 Å². The monoisotopic (exact) mass is 659 g/mol. The van der Waals surface area contributed by atoms with Crippen LogP contribution >= 0.6 is 0 Å². The minimum absolute atomic E-state index is 0.0422. The Kier molecular flexibility index (Phi) is 10.1. The molecule has 5 heterocycles. The number of rotatable bonds is 11. The van der Waals surface area contributed by atoms with E-state index in [0.29, 0.717) is 24.7 Å². The minimum Gasteiger partial charge on any atom is -0.451 e. The van der Waals surface area contributed by atoms with Crippen LogP contribution < -0.4 is 9.64 Å². The number of piperidine rings is 1. The molecule has 0 bridgehead atoms. The molecular weight excluding hydrogens is 613 g/mol. The summed E-state index contributed by atoms with van der Waals surface area (Å²) in [6.07, 6.45) is 8.07. The quantitative estimate of drug-likeness (QED) is 0.361. The number of hydrogen-bond acceptors (Lipinski definition) is 10. The Morgan fingerprint density at radius 1 is 1.15 bits per heavy atom. The van der Waals surface area contributed by atoms with Gasteiger partial charge in [0.2, 0.25) is 10.9 Å². The van der Waals surface area contributed by atoms with Crippen molar-refractivity contribution in [3.8, 4) is 11.5 Å². The summed E-state index contributed by atoms with van der Waals surface area (Å²) in [5, 5.41) is 1.91. The first-order chi connectivity index (χ1) is 22.2. The lowest BCUT2D eigenvalue weighted by molar-refractivity contribution is -0.0974. The number of halogens is 1. The summed E-state index contributed by atoms with van der Waals surface area (Å²) in [6, 6.07) is 3.87. The van der Waals surface area contributed by atoms with Gasteiger partial charge in [-0.3, -0.25) is 4.79 Å². The molecule has 1 aromatic heterocycles. The van der Waals surface area contributed by atoms with Crippen molar-refractivity contribution in [2.75, 3.05) is 63.9 Å². The largest absolute Gasteiger partial charge is 0.451 e. The molecule has 0 saturated carbocycles. The van der Waals surface area contributed by atoms with Crippen molar-refractivity contribution in [1.82, 2.24) is 29.2 Å². The van der Waals surface area contributed by atoms with Gasteiger partial charge in [0, 0.05) is 50.7 Å². The second-order valence-corrected chi connectivity index (χ2v) is 14.2. The molecule has 14 heteroatoms. The van der Waals surface area contributed by atoms with Crippen LogP contribution in [0, 0.1) is 11.2 Å². The summed E-state index contributed by atoms with van der Waals surface area (Å²) in [5.41, 5.74) is 0.370. The van der Waals surface area contributed by atoms with Crippen molar-refractivity contribution >= 4 is 22.6 Å². The predicted molar refractivity (Wildman–Crippen MR) is 172 cm³/mol. The Balaban J connectivity index is 1.02. The van der Waals surface area contributed by atoms with Crippen LogP contribution in [0.1, 0.15) is 63.2 Å². The third-order valence-corrected chi connectivity index (χ3v) is 10.9. The van der Waals surface area contributed by atoms with Crippen LogP contribution in [0.15, 0.2) is 30.7 Å². The first-order valence-electron chi connectivity index (χ1n) is 16.5. The lowest BCUT2D eigenvalue weighted by Gasteiger charge is -2.54. The molecule has 2 aromatic rings. The van der Waals surface area contributed by atoms with Crippen molar-refractivity contribution in [1.29, 1.82) is 0 Å². The maximum Gasteiger partial charge on any atom is 0.257 e. The normalized spacial score (nSPS) is 23.5. The summed E-state index contributed by atoms with van der Waals surface area (Å²) in [4.78, 5) is 28.4. The van der Waals surface area contributed by atoms with Crippen molar-refractivity contribution in [2.24, 2.45) is 5.41 Å². The minimum atomic E-state index is -2.64. The summed E-state index contributed by atoms with van der Waals surface area (Å²) >= 11 is 0. The number of hydrazine groups is 1. The molecule has 1 aromatic carbocycles. The lowest BCUT2D eigenvalue weighted by Crippen LogP contribution is -2.61. The smallest absolute Gasteiger partial charge is 0.257 e. The summed E-state index contributed by atoms with van der Waals surface area (Å²) < 4.78 is 51.9.